The molecule has 0 radical (unpaired) electrons. The second-order valence-electron chi connectivity index (χ2n) is 7.73. The molecule has 29 heavy (non-hydrogen) atoms. The van der Waals surface area contributed by atoms with Gasteiger partial charge in [0.05, 0.1) is 18.7 Å². The van der Waals surface area contributed by atoms with E-state index in [1.807, 2.05) is 42.2 Å². The monoisotopic (exact) mass is 405 g/mol. The fraction of sp³-hybridized carbons (Fsp3) is 0.435. The summed E-state index contributed by atoms with van der Waals surface area (Å²) in [6, 6.07) is 15.4. The Morgan fingerprint density at radius 2 is 1.62 bits per heavy atom. The third-order valence-corrected chi connectivity index (χ3v) is 5.69. The van der Waals surface area contributed by atoms with E-state index in [0.717, 1.165) is 49.2 Å². The lowest BCUT2D eigenvalue weighted by molar-refractivity contribution is -0.919. The summed E-state index contributed by atoms with van der Waals surface area (Å²) in [5.74, 6) is 0.250. The number of piperidine rings is 1. The van der Waals surface area contributed by atoms with E-state index in [1.54, 1.807) is 12.1 Å². The minimum Gasteiger partial charge on any atom is -0.338 e. The van der Waals surface area contributed by atoms with E-state index in [9.17, 15) is 18.0 Å². The summed E-state index contributed by atoms with van der Waals surface area (Å²) in [4.78, 5) is 16.2. The largest absolute Gasteiger partial charge is 0.416 e. The van der Waals surface area contributed by atoms with E-state index < -0.39 is 11.7 Å². The lowest BCUT2D eigenvalue weighted by Gasteiger charge is -2.32. The van der Waals surface area contributed by atoms with Gasteiger partial charge in [0.25, 0.3) is 0 Å². The molecule has 1 aliphatic rings. The summed E-state index contributed by atoms with van der Waals surface area (Å²) in [7, 11) is 0. The van der Waals surface area contributed by atoms with Gasteiger partial charge >= 0.3 is 6.18 Å². The van der Waals surface area contributed by atoms with Gasteiger partial charge in [-0.1, -0.05) is 42.5 Å². The van der Waals surface area contributed by atoms with Crippen molar-refractivity contribution in [3.05, 3.63) is 71.3 Å². The highest BCUT2D eigenvalue weighted by molar-refractivity contribution is 5.78. The van der Waals surface area contributed by atoms with Gasteiger partial charge in [-0.3, -0.25) is 4.79 Å². The molecule has 2 aromatic carbocycles. The number of hydrogen-bond acceptors (Lipinski definition) is 1. The third-order valence-electron chi connectivity index (χ3n) is 5.69. The van der Waals surface area contributed by atoms with Crippen molar-refractivity contribution in [2.24, 2.45) is 5.92 Å². The molecule has 1 amide bonds. The van der Waals surface area contributed by atoms with Gasteiger partial charge in [-0.25, -0.2) is 0 Å². The molecular formula is C23H28F3N2O+. The van der Waals surface area contributed by atoms with Crippen LogP contribution in [0.15, 0.2) is 54.6 Å². The topological polar surface area (TPSA) is 24.8 Å². The second-order valence-corrected chi connectivity index (χ2v) is 7.73. The van der Waals surface area contributed by atoms with Crippen molar-refractivity contribution >= 4 is 5.91 Å². The molecular weight excluding hydrogens is 377 g/mol. The number of nitrogens with one attached hydrogen (secondary N) is 1. The molecule has 3 nitrogen and oxygen atoms in total. The normalized spacial score (nSPS) is 19.7. The lowest BCUT2D eigenvalue weighted by Crippen LogP contribution is -3.11. The standard InChI is InChI=1S/C23H27F3N2O/c1-2-28(17-18-6-4-3-5-7-18)22(29)20-12-14-27(15-13-20)16-19-8-10-21(11-9-19)23(24,25)26/h3-11,20H,2,12-17H2,1H3/p+1. The summed E-state index contributed by atoms with van der Waals surface area (Å²) in [5.41, 5.74) is 1.42. The molecule has 0 spiro atoms. The lowest BCUT2D eigenvalue weighted by atomic mass is 9.94. The molecule has 1 saturated heterocycles. The number of likely N-dealkylation sites (tertiary alicyclic amines) is 1. The first-order chi connectivity index (χ1) is 13.9. The maximum atomic E-state index is 12.9. The molecule has 3 rings (SSSR count). The van der Waals surface area contributed by atoms with E-state index in [2.05, 4.69) is 0 Å². The van der Waals surface area contributed by atoms with E-state index in [1.165, 1.54) is 4.90 Å². The maximum Gasteiger partial charge on any atom is 0.416 e. The first-order valence-electron chi connectivity index (χ1n) is 10.2. The van der Waals surface area contributed by atoms with Gasteiger partial charge in [0, 0.05) is 37.4 Å². The fourth-order valence-electron chi connectivity index (χ4n) is 3.96. The molecule has 0 unspecified atom stereocenters. The number of halogens is 3. The van der Waals surface area contributed by atoms with Crippen LogP contribution in [0.2, 0.25) is 0 Å². The van der Waals surface area contributed by atoms with E-state index in [0.29, 0.717) is 19.6 Å². The molecule has 1 heterocycles. The first kappa shape index (κ1) is 21.4. The van der Waals surface area contributed by atoms with Gasteiger partial charge in [-0.2, -0.15) is 13.2 Å². The predicted octanol–water partition coefficient (Wildman–Crippen LogP) is 3.55. The van der Waals surface area contributed by atoms with Crippen LogP contribution in [-0.2, 0) is 24.1 Å². The molecule has 156 valence electrons. The van der Waals surface area contributed by atoms with Crippen molar-refractivity contribution in [1.29, 1.82) is 0 Å². The van der Waals surface area contributed by atoms with Crippen molar-refractivity contribution in [3.8, 4) is 0 Å². The number of carbonyl (C=O) groups is 1. The van der Waals surface area contributed by atoms with Crippen molar-refractivity contribution < 1.29 is 22.9 Å². The van der Waals surface area contributed by atoms with Gasteiger partial charge in [0.1, 0.15) is 6.54 Å². The number of hydrogen-bond donors (Lipinski definition) is 1. The average molecular weight is 405 g/mol. The van der Waals surface area contributed by atoms with Crippen molar-refractivity contribution in [3.63, 3.8) is 0 Å². The molecule has 0 aromatic heterocycles. The minimum atomic E-state index is -4.30. The molecule has 0 atom stereocenters. The zero-order valence-electron chi connectivity index (χ0n) is 16.7. The van der Waals surface area contributed by atoms with Crippen LogP contribution in [0.1, 0.15) is 36.5 Å². The van der Waals surface area contributed by atoms with E-state index >= 15 is 0 Å². The predicted molar refractivity (Wildman–Crippen MR) is 106 cm³/mol. The van der Waals surface area contributed by atoms with E-state index in [-0.39, 0.29) is 11.8 Å². The smallest absolute Gasteiger partial charge is 0.338 e. The number of nitrogens with zero attached hydrogens (tertiary/aromatic N) is 1. The van der Waals surface area contributed by atoms with Crippen LogP contribution in [-0.4, -0.2) is 30.4 Å². The van der Waals surface area contributed by atoms with Crippen molar-refractivity contribution in [2.45, 2.75) is 39.0 Å². The Balaban J connectivity index is 1.51. The SMILES string of the molecule is CCN(Cc1ccccc1)C(=O)C1CC[NH+](Cc2ccc(C(F)(F)F)cc2)CC1. The summed E-state index contributed by atoms with van der Waals surface area (Å²) in [6.45, 7) is 5.74. The molecule has 0 saturated carbocycles. The second kappa shape index (κ2) is 9.44. The Hall–Kier alpha value is -2.34. The van der Waals surface area contributed by atoms with Gasteiger partial charge in [0.2, 0.25) is 5.91 Å². The highest BCUT2D eigenvalue weighted by atomic mass is 19.4. The first-order valence-corrected chi connectivity index (χ1v) is 10.2. The third kappa shape index (κ3) is 5.82. The Labute approximate surface area is 170 Å². The van der Waals surface area contributed by atoms with Crippen LogP contribution in [0.5, 0.6) is 0 Å². The van der Waals surface area contributed by atoms with Gasteiger partial charge in [0.15, 0.2) is 0 Å². The van der Waals surface area contributed by atoms with Crippen LogP contribution in [0.4, 0.5) is 13.2 Å². The summed E-state index contributed by atoms with van der Waals surface area (Å²) in [6.07, 6.45) is -2.66. The maximum absolute atomic E-state index is 12.9. The highest BCUT2D eigenvalue weighted by Crippen LogP contribution is 2.29. The molecule has 0 aliphatic carbocycles. The van der Waals surface area contributed by atoms with Crippen molar-refractivity contribution in [2.75, 3.05) is 19.6 Å². The molecule has 2 aromatic rings. The Morgan fingerprint density at radius 1 is 1.00 bits per heavy atom. The van der Waals surface area contributed by atoms with Gasteiger partial charge in [-0.05, 0) is 24.6 Å². The van der Waals surface area contributed by atoms with Crippen LogP contribution in [0, 0.1) is 5.92 Å². The van der Waals surface area contributed by atoms with Crippen LogP contribution in [0.25, 0.3) is 0 Å². The number of alkyl halides is 3. The molecule has 1 aliphatic heterocycles. The Bertz CT molecular complexity index is 782. The summed E-state index contributed by atoms with van der Waals surface area (Å²) < 4.78 is 38.1. The molecule has 0 bridgehead atoms. The zero-order valence-corrected chi connectivity index (χ0v) is 16.7. The average Bonchev–Trinajstić information content (AvgIpc) is 2.72. The van der Waals surface area contributed by atoms with Crippen molar-refractivity contribution in [1.82, 2.24) is 4.90 Å². The Kier molecular flexibility index (Phi) is 6.96. The van der Waals surface area contributed by atoms with Crippen LogP contribution < -0.4 is 4.90 Å². The Morgan fingerprint density at radius 3 is 2.17 bits per heavy atom. The fourth-order valence-corrected chi connectivity index (χ4v) is 3.96. The molecule has 6 heteroatoms. The van der Waals surface area contributed by atoms with Gasteiger partial charge in [-0.15, -0.1) is 0 Å². The van der Waals surface area contributed by atoms with Crippen LogP contribution >= 0.6 is 0 Å². The molecule has 1 N–H and O–H groups in total. The number of rotatable bonds is 6. The molecule has 1 fully saturated rings. The summed E-state index contributed by atoms with van der Waals surface area (Å²) >= 11 is 0. The number of benzene rings is 2. The van der Waals surface area contributed by atoms with E-state index in [4.69, 9.17) is 0 Å². The number of quaternary nitrogens is 1. The minimum absolute atomic E-state index is 0.0371. The van der Waals surface area contributed by atoms with Crippen LogP contribution in [0.3, 0.4) is 0 Å². The number of amides is 1. The summed E-state index contributed by atoms with van der Waals surface area (Å²) in [5, 5.41) is 0. The van der Waals surface area contributed by atoms with Gasteiger partial charge < -0.3 is 9.80 Å². The number of carbonyl (C=O) groups excluding carboxylic acids is 1. The zero-order chi connectivity index (χ0) is 20.9. The quantitative estimate of drug-likeness (QED) is 0.781. The highest BCUT2D eigenvalue weighted by Gasteiger charge is 2.31.